The highest BCUT2D eigenvalue weighted by molar-refractivity contribution is 5.83. The first-order valence-corrected chi connectivity index (χ1v) is 55.1. The summed E-state index contributed by atoms with van der Waals surface area (Å²) in [6.45, 7) is 12.8. The largest absolute Gasteiger partial charge is 0.374 e. The third-order valence-corrected chi connectivity index (χ3v) is 30.0. The number of hydrogen-bond acceptors (Lipinski definition) is 25. The van der Waals surface area contributed by atoms with E-state index in [2.05, 4.69) is 224 Å². The highest BCUT2D eigenvalue weighted by Crippen LogP contribution is 2.40. The van der Waals surface area contributed by atoms with Gasteiger partial charge in [0.15, 0.2) is 0 Å². The van der Waals surface area contributed by atoms with E-state index in [4.69, 9.17) is 49.8 Å². The molecule has 25 heteroatoms. The number of aryl methyl sites for hydroxylation is 11. The molecule has 0 bridgehead atoms. The van der Waals surface area contributed by atoms with Crippen molar-refractivity contribution in [3.8, 4) is 0 Å². The number of benzene rings is 1. The summed E-state index contributed by atoms with van der Waals surface area (Å²) in [6, 6.07) is 42.9. The lowest BCUT2D eigenvalue weighted by molar-refractivity contribution is 0.205. The van der Waals surface area contributed by atoms with Gasteiger partial charge in [0.25, 0.3) is 0 Å². The SMILES string of the molecule is CCCCCc1nc(N(C)C)ncc1CN(C)C1CCCc2cccnc21.CCCCc1nc(N(C)C)ncc1CN(C)C1CCCc2cccnc21.CN(C)c1ncc(CN(C)C2CCCc3cccnc32)c(CCCCC2=NCCN2)n1.CN(Cc1ncccc1CCCCCC1=NCCCN1)C1CCCc2cccnc21.CN(Cc1ncccc1CCCCCCc1ccccc1)C1CCCc2cccnc21. The van der Waals surface area contributed by atoms with E-state index in [-0.39, 0.29) is 0 Å². The number of fused-ring (bicyclic) bond motifs is 5. The molecule has 0 fully saturated rings. The van der Waals surface area contributed by atoms with Gasteiger partial charge in [-0.25, -0.2) is 29.9 Å². The normalized spacial score (nSPS) is 17.1. The summed E-state index contributed by atoms with van der Waals surface area (Å²) in [6.07, 6.45) is 64.1. The fourth-order valence-corrected chi connectivity index (χ4v) is 21.8. The van der Waals surface area contributed by atoms with E-state index in [0.29, 0.717) is 30.2 Å². The molecule has 0 radical (unpaired) electrons. The molecule has 0 saturated heterocycles. The second-order valence-corrected chi connectivity index (χ2v) is 41.8. The predicted octanol–water partition coefficient (Wildman–Crippen LogP) is 21.9. The lowest BCUT2D eigenvalue weighted by atomic mass is 9.91. The fraction of sp³-hybridized carbons (Fsp3) is 0.542. The second kappa shape index (κ2) is 58.3. The van der Waals surface area contributed by atoms with Gasteiger partial charge in [-0.1, -0.05) is 125 Å². The summed E-state index contributed by atoms with van der Waals surface area (Å²) in [5.74, 6) is 4.77. The maximum Gasteiger partial charge on any atom is 0.225 e. The molecule has 0 saturated carbocycles. The van der Waals surface area contributed by atoms with E-state index in [1.165, 1.54) is 271 Å². The number of hydrogen-bond donors (Lipinski definition) is 2. The molecule has 11 aromatic rings. The van der Waals surface area contributed by atoms with Crippen LogP contribution in [-0.2, 0) is 103 Å². The zero-order chi connectivity index (χ0) is 101. The lowest BCUT2D eigenvalue weighted by Gasteiger charge is -2.32. The molecule has 0 amide bonds. The molecule has 2 N–H and O–H groups in total. The van der Waals surface area contributed by atoms with Crippen LogP contribution in [0.3, 0.4) is 0 Å². The van der Waals surface area contributed by atoms with Crippen LogP contribution in [0.25, 0.3) is 0 Å². The molecule has 7 aliphatic rings. The number of rotatable bonds is 43. The molecule has 25 nitrogen and oxygen atoms in total. The number of aliphatic imine (C=N–C) groups is 2. The molecular formula is C120H169N25. The van der Waals surface area contributed by atoms with Crippen molar-refractivity contribution in [2.75, 3.05) is 118 Å². The van der Waals surface area contributed by atoms with Gasteiger partial charge in [0, 0.05) is 186 Å². The van der Waals surface area contributed by atoms with Gasteiger partial charge in [0.05, 0.1) is 105 Å². The number of pyridine rings is 7. The number of anilines is 3. The molecule has 10 aromatic heterocycles. The van der Waals surface area contributed by atoms with Crippen LogP contribution in [-0.4, -0.2) is 205 Å². The Hall–Kier alpha value is -11.4. The van der Waals surface area contributed by atoms with E-state index >= 15 is 0 Å². The van der Waals surface area contributed by atoms with Gasteiger partial charge in [0.1, 0.15) is 0 Å². The summed E-state index contributed by atoms with van der Waals surface area (Å²) < 4.78 is 0. The number of nitrogens with one attached hydrogen (secondary N) is 2. The Morgan fingerprint density at radius 1 is 0.262 bits per heavy atom. The van der Waals surface area contributed by atoms with Crippen LogP contribution in [0, 0.1) is 0 Å². The summed E-state index contributed by atoms with van der Waals surface area (Å²) in [4.78, 5) is 88.6. The van der Waals surface area contributed by atoms with Gasteiger partial charge >= 0.3 is 0 Å². The lowest BCUT2D eigenvalue weighted by Crippen LogP contribution is -2.29. The number of aromatic nitrogens is 13. The van der Waals surface area contributed by atoms with Gasteiger partial charge < -0.3 is 25.3 Å². The number of unbranched alkanes of at least 4 members (excludes halogenated alkanes) is 9. The van der Waals surface area contributed by atoms with Crippen LogP contribution >= 0.6 is 0 Å². The van der Waals surface area contributed by atoms with E-state index in [9.17, 15) is 0 Å². The molecule has 774 valence electrons. The highest BCUT2D eigenvalue weighted by Gasteiger charge is 2.33. The molecule has 5 unspecified atom stereocenters. The number of amidine groups is 2. The van der Waals surface area contributed by atoms with Crippen LogP contribution in [0.2, 0.25) is 0 Å². The molecule has 1 aromatic carbocycles. The maximum atomic E-state index is 4.91. The van der Waals surface area contributed by atoms with Gasteiger partial charge in [-0.15, -0.1) is 0 Å². The highest BCUT2D eigenvalue weighted by atomic mass is 15.2. The maximum absolute atomic E-state index is 4.91. The quantitative estimate of drug-likeness (QED) is 0.0337. The predicted molar refractivity (Wildman–Crippen MR) is 594 cm³/mol. The third-order valence-electron chi connectivity index (χ3n) is 30.0. The van der Waals surface area contributed by atoms with Crippen LogP contribution in [0.1, 0.15) is 336 Å². The van der Waals surface area contributed by atoms with Crippen molar-refractivity contribution in [1.29, 1.82) is 0 Å². The summed E-state index contributed by atoms with van der Waals surface area (Å²) in [7, 11) is 23.1. The molecule has 5 aliphatic carbocycles. The van der Waals surface area contributed by atoms with E-state index in [0.717, 1.165) is 179 Å². The van der Waals surface area contributed by atoms with Crippen molar-refractivity contribution in [1.82, 2.24) is 99.9 Å². The van der Waals surface area contributed by atoms with Gasteiger partial charge in [-0.05, 0) is 315 Å². The first-order chi connectivity index (χ1) is 70.9. The standard InChI is InChI=1S/C28H35N3.C25H35N5.C24H35N7.C22H33N5.C21H31N5/c1-31(27-19-9-16-25-18-11-21-30-28(25)27)22-26-24(17-10-20-29-26)15-8-3-2-5-12-23-13-6-4-7-14-23;1-30(23-13-5-10-21-12-7-16-29-25(21)23)19-22-20(11-6-15-26-22)9-3-2-4-14-24-27-17-8-18-28-24;1-30(2)24-28-16-19(20(29-24)10-4-5-12-22-25-14-15-26-22)17-31(3)21-11-6-8-18-9-7-13-27-23(18)21;1-5-6-7-12-19-18(15-24-22(25-19)26(2)3)16-27(4)20-13-8-10-17-11-9-14-23-21(17)20;1-5-6-11-18-17(14-23-21(24-18)25(2)3)15-26(4)19-12-7-9-16-10-8-13-22-20(16)19/h4,6-7,10-11,13-14,17-18,20-21,27H,2-3,5,8-9,12,15-16,19,22H2,1H3;6-7,11-12,15-16,23H,2-5,8-10,13-14,17-19H2,1H3,(H,27,28);7,9,13,16,21H,4-6,8,10-12,14-15,17H2,1-3H3,(H,25,26);9,11,14-15,20H,5-8,10,12-13,16H2,1-4H3;8,10,13-14,19H,5-7,9,11-12,15H2,1-4H3. The zero-order valence-electron chi connectivity index (χ0n) is 90.1. The molecule has 145 heavy (non-hydrogen) atoms. The Bertz CT molecular complexity index is 5780. The average Bonchev–Trinajstić information content (AvgIpc) is 0.935. The van der Waals surface area contributed by atoms with Crippen molar-refractivity contribution in [3.05, 3.63) is 295 Å². The minimum absolute atomic E-state index is 0.359. The van der Waals surface area contributed by atoms with Crippen molar-refractivity contribution in [3.63, 3.8) is 0 Å². The Balaban J connectivity index is 0.000000144. The molecule has 12 heterocycles. The third kappa shape index (κ3) is 32.8. The van der Waals surface area contributed by atoms with Crippen LogP contribution in [0.5, 0.6) is 0 Å². The Kier molecular flexibility index (Phi) is 43.9. The molecular weight excluding hydrogens is 1790 g/mol. The smallest absolute Gasteiger partial charge is 0.225 e. The fourth-order valence-electron chi connectivity index (χ4n) is 21.8. The topological polar surface area (TPSA) is 242 Å². The molecule has 0 spiro atoms. The Morgan fingerprint density at radius 2 is 0.572 bits per heavy atom. The first kappa shape index (κ1) is 109. The van der Waals surface area contributed by atoms with Gasteiger partial charge in [-0.2, -0.15) is 0 Å². The Morgan fingerprint density at radius 3 is 0.924 bits per heavy atom. The van der Waals surface area contributed by atoms with Crippen LogP contribution in [0.15, 0.2) is 187 Å². The zero-order valence-corrected chi connectivity index (χ0v) is 90.1. The monoisotopic (exact) mass is 1960 g/mol. The Labute approximate surface area is 868 Å². The minimum atomic E-state index is 0.359. The van der Waals surface area contributed by atoms with E-state index < -0.39 is 0 Å². The average molecular weight is 1960 g/mol. The van der Waals surface area contributed by atoms with Gasteiger partial charge in [-0.3, -0.25) is 69.4 Å². The molecule has 5 atom stereocenters. The van der Waals surface area contributed by atoms with E-state index in [1.807, 2.05) is 119 Å². The second-order valence-electron chi connectivity index (χ2n) is 41.8. The van der Waals surface area contributed by atoms with E-state index in [1.54, 1.807) is 0 Å². The molecule has 18 rings (SSSR count). The number of nitrogens with zero attached hydrogens (tertiary/aromatic N) is 23. The van der Waals surface area contributed by atoms with Crippen molar-refractivity contribution < 1.29 is 0 Å². The van der Waals surface area contributed by atoms with Gasteiger partial charge in [0.2, 0.25) is 17.8 Å². The minimum Gasteiger partial charge on any atom is -0.374 e. The van der Waals surface area contributed by atoms with Crippen molar-refractivity contribution >= 4 is 29.5 Å². The summed E-state index contributed by atoms with van der Waals surface area (Å²) in [5.41, 5.74) is 27.3. The van der Waals surface area contributed by atoms with Crippen molar-refractivity contribution in [2.45, 2.75) is 321 Å². The summed E-state index contributed by atoms with van der Waals surface area (Å²) >= 11 is 0. The van der Waals surface area contributed by atoms with Crippen molar-refractivity contribution in [2.24, 2.45) is 9.98 Å². The summed E-state index contributed by atoms with van der Waals surface area (Å²) in [5, 5.41) is 6.79. The van der Waals surface area contributed by atoms with Crippen LogP contribution < -0.4 is 25.3 Å². The van der Waals surface area contributed by atoms with Crippen LogP contribution in [0.4, 0.5) is 17.8 Å². The first-order valence-electron chi connectivity index (χ1n) is 55.1. The molecule has 2 aliphatic heterocycles.